The number of carbonyl (C=O) groups excluding carboxylic acids is 2. The molecule has 0 saturated heterocycles. The summed E-state index contributed by atoms with van der Waals surface area (Å²) in [4.78, 5) is 30.5. The lowest BCUT2D eigenvalue weighted by atomic mass is 9.68. The van der Waals surface area contributed by atoms with Gasteiger partial charge in [0, 0.05) is 63.9 Å². The first kappa shape index (κ1) is 38.1. The third kappa shape index (κ3) is 7.31. The van der Waals surface area contributed by atoms with Crippen molar-refractivity contribution >= 4 is 39.0 Å². The summed E-state index contributed by atoms with van der Waals surface area (Å²) in [5, 5.41) is 0.736. The van der Waals surface area contributed by atoms with E-state index in [0.717, 1.165) is 55.1 Å². The van der Waals surface area contributed by atoms with E-state index >= 15 is 0 Å². The van der Waals surface area contributed by atoms with Crippen LogP contribution in [0.4, 0.5) is 5.69 Å². The van der Waals surface area contributed by atoms with E-state index in [1.165, 1.54) is 18.2 Å². The van der Waals surface area contributed by atoms with Crippen molar-refractivity contribution in [3.8, 4) is 11.5 Å². The van der Waals surface area contributed by atoms with Gasteiger partial charge in [-0.3, -0.25) is 14.3 Å². The number of hydrogen-bond acceptors (Lipinski definition) is 8. The largest absolute Gasteiger partial charge is 0.494 e. The minimum Gasteiger partial charge on any atom is -0.494 e. The molecule has 1 aromatic heterocycles. The molecule has 1 unspecified atom stereocenters. The lowest BCUT2D eigenvalue weighted by molar-refractivity contribution is 0.0131. The molecule has 11 nitrogen and oxygen atoms in total. The van der Waals surface area contributed by atoms with E-state index in [2.05, 4.69) is 38.3 Å². The van der Waals surface area contributed by atoms with Gasteiger partial charge in [-0.15, -0.1) is 4.36 Å². The number of aryl methyl sites for hydroxylation is 1. The van der Waals surface area contributed by atoms with E-state index in [1.54, 1.807) is 26.5 Å². The van der Waals surface area contributed by atoms with Gasteiger partial charge in [0.15, 0.2) is 5.75 Å². The van der Waals surface area contributed by atoms with E-state index in [4.69, 9.17) is 30.5 Å². The second kappa shape index (κ2) is 15.2. The van der Waals surface area contributed by atoms with Gasteiger partial charge in [0.1, 0.15) is 21.2 Å². The molecule has 13 heteroatoms. The van der Waals surface area contributed by atoms with Crippen LogP contribution in [0.25, 0.3) is 0 Å². The van der Waals surface area contributed by atoms with Gasteiger partial charge in [0.05, 0.1) is 43.1 Å². The van der Waals surface area contributed by atoms with Crippen LogP contribution in [0.5, 0.6) is 11.5 Å². The topological polar surface area (TPSA) is 121 Å². The number of fused-ring (bicyclic) bond motifs is 5. The van der Waals surface area contributed by atoms with Gasteiger partial charge in [-0.2, -0.15) is 0 Å². The summed E-state index contributed by atoms with van der Waals surface area (Å²) in [6, 6.07) is 11.6. The van der Waals surface area contributed by atoms with Crippen molar-refractivity contribution in [3.05, 3.63) is 87.7 Å². The summed E-state index contributed by atoms with van der Waals surface area (Å²) in [6.45, 7) is 4.50. The number of aromatic nitrogens is 1. The predicted molar refractivity (Wildman–Crippen MR) is 215 cm³/mol. The maximum Gasteiger partial charge on any atom is 0.286 e. The molecule has 3 aliphatic heterocycles. The number of amides is 2. The fourth-order valence-corrected chi connectivity index (χ4v) is 11.6. The number of nitrogens with zero attached hydrogens (tertiary/aromatic N) is 3. The average molecular weight is 793 g/mol. The number of benzene rings is 2. The molecule has 1 saturated carbocycles. The third-order valence-electron chi connectivity index (χ3n) is 12.5. The fraction of sp³-hybridized carbons (Fsp3) is 0.524. The lowest BCUT2D eigenvalue weighted by Crippen LogP contribution is -2.49. The number of allylic oxidation sites excluding steroid dienone is 1. The van der Waals surface area contributed by atoms with Crippen LogP contribution in [-0.2, 0) is 44.2 Å². The second-order valence-corrected chi connectivity index (χ2v) is 18.6. The van der Waals surface area contributed by atoms with Gasteiger partial charge < -0.3 is 28.4 Å². The number of carbonyl (C=O) groups is 2. The SMILES string of the molecule is COc1c(C(=O)NS2(=O)=NC(=O)c3ccc4c(c3)N(C[C@@H]3CC[C@H]3[C@@H](OC)/C=C/C[C@H](C)C2)C[C@@]2(CCCc3cc(Cl)ccc32)CO4)cn2c1C[C@H](OC)C2.[HH]. The molecule has 2 aliphatic carbocycles. The molecular weight excluding hydrogens is 740 g/mol. The summed E-state index contributed by atoms with van der Waals surface area (Å²) >= 11 is 6.48. The van der Waals surface area contributed by atoms with Crippen LogP contribution in [0, 0.1) is 17.8 Å². The van der Waals surface area contributed by atoms with Gasteiger partial charge in [-0.25, -0.2) is 4.21 Å². The molecule has 2 bridgehead atoms. The van der Waals surface area contributed by atoms with Gasteiger partial charge in [0.25, 0.3) is 11.8 Å². The van der Waals surface area contributed by atoms with Gasteiger partial charge in [-0.05, 0) is 97.7 Å². The number of hydrogen-bond donors (Lipinski definition) is 1. The first-order valence-corrected chi connectivity index (χ1v) is 21.5. The summed E-state index contributed by atoms with van der Waals surface area (Å²) in [7, 11) is 1.32. The predicted octanol–water partition coefficient (Wildman–Crippen LogP) is 7.03. The highest BCUT2D eigenvalue weighted by molar-refractivity contribution is 7.92. The lowest BCUT2D eigenvalue weighted by Gasteiger charge is -2.46. The Morgan fingerprint density at radius 3 is 2.75 bits per heavy atom. The Hall–Kier alpha value is -3.84. The first-order valence-electron chi connectivity index (χ1n) is 19.4. The smallest absolute Gasteiger partial charge is 0.286 e. The van der Waals surface area contributed by atoms with Crippen molar-refractivity contribution in [2.75, 3.05) is 51.7 Å². The fourth-order valence-electron chi connectivity index (χ4n) is 9.57. The maximum atomic E-state index is 14.8. The molecular formula is C42H53ClN4O7S. The first-order chi connectivity index (χ1) is 26.5. The summed E-state index contributed by atoms with van der Waals surface area (Å²) < 4.78 is 47.8. The van der Waals surface area contributed by atoms with E-state index < -0.39 is 21.7 Å². The van der Waals surface area contributed by atoms with Gasteiger partial charge in [-0.1, -0.05) is 36.7 Å². The van der Waals surface area contributed by atoms with Crippen LogP contribution in [0.3, 0.4) is 0 Å². The Bertz CT molecular complexity index is 2150. The minimum atomic E-state index is -3.61. The molecule has 3 aromatic rings. The molecule has 55 heavy (non-hydrogen) atoms. The van der Waals surface area contributed by atoms with Gasteiger partial charge >= 0.3 is 0 Å². The van der Waals surface area contributed by atoms with Crippen LogP contribution in [-0.4, -0.2) is 79.6 Å². The van der Waals surface area contributed by atoms with E-state index in [0.29, 0.717) is 55.9 Å². The average Bonchev–Trinajstić information content (AvgIpc) is 3.67. The molecule has 8 rings (SSSR count). The van der Waals surface area contributed by atoms with Crippen molar-refractivity contribution < 1.29 is 34.2 Å². The van der Waals surface area contributed by atoms with E-state index in [9.17, 15) is 13.8 Å². The normalized spacial score (nSPS) is 30.8. The molecule has 4 heterocycles. The van der Waals surface area contributed by atoms with Crippen LogP contribution in [0.2, 0.25) is 5.02 Å². The van der Waals surface area contributed by atoms with Crippen molar-refractivity contribution in [1.29, 1.82) is 0 Å². The number of anilines is 1. The molecule has 1 N–H and O–H groups in total. The minimum absolute atomic E-state index is 0. The molecule has 1 spiro atoms. The Morgan fingerprint density at radius 2 is 1.98 bits per heavy atom. The molecule has 2 aromatic carbocycles. The van der Waals surface area contributed by atoms with Crippen LogP contribution in [0.1, 0.15) is 78.0 Å². The van der Waals surface area contributed by atoms with E-state index in [-0.39, 0.29) is 41.8 Å². The number of methoxy groups -OCH3 is 3. The van der Waals surface area contributed by atoms with E-state index in [1.807, 2.05) is 29.7 Å². The number of rotatable bonds is 5. The summed E-state index contributed by atoms with van der Waals surface area (Å²) in [5.41, 5.74) is 4.43. The number of ether oxygens (including phenoxy) is 4. The molecule has 1 fully saturated rings. The number of halogens is 1. The highest BCUT2D eigenvalue weighted by atomic mass is 35.5. The molecule has 296 valence electrons. The Morgan fingerprint density at radius 1 is 1.13 bits per heavy atom. The van der Waals surface area contributed by atoms with Crippen molar-refractivity contribution in [2.24, 2.45) is 22.1 Å². The monoisotopic (exact) mass is 792 g/mol. The summed E-state index contributed by atoms with van der Waals surface area (Å²) in [5.74, 6) is 0.343. The zero-order valence-corrected chi connectivity index (χ0v) is 33.6. The number of nitrogens with one attached hydrogen (secondary N) is 1. The Labute approximate surface area is 330 Å². The highest BCUT2D eigenvalue weighted by Gasteiger charge is 2.44. The third-order valence-corrected chi connectivity index (χ3v) is 14.7. The quantitative estimate of drug-likeness (QED) is 0.274. The zero-order chi connectivity index (χ0) is 38.5. The highest BCUT2D eigenvalue weighted by Crippen LogP contribution is 2.47. The van der Waals surface area contributed by atoms with Gasteiger partial charge in [0.2, 0.25) is 0 Å². The van der Waals surface area contributed by atoms with Crippen molar-refractivity contribution in [2.45, 2.75) is 76.0 Å². The molecule has 7 atom stereocenters. The van der Waals surface area contributed by atoms with Crippen LogP contribution < -0.4 is 19.1 Å². The molecule has 5 aliphatic rings. The Balaban J connectivity index is 0.00000480. The second-order valence-electron chi connectivity index (χ2n) is 16.1. The Kier molecular flexibility index (Phi) is 10.6. The maximum absolute atomic E-state index is 14.8. The standard InChI is InChI=1S/C42H51ClN4O7S.H2/c1-26-7-5-9-37(52-3)32-13-10-29(32)20-47-24-42(16-6-8-27-17-30(43)12-14-34(27)42)25-54-38-15-11-28(18-35(38)47)40(48)44-55(50,23-26)45-41(49)33-22-46-21-31(51-2)19-36(46)39(33)53-4;/h5,9,11-12,14-15,17-18,22,26,29,31-32,37H,6-8,10,13,16,19-21,23-25H2,1-4H3,(H,44,45,48,49,50);1H/b9-5+;/t26-,29-,31-,32+,37-,42-,55?;/m0./s1. The summed E-state index contributed by atoms with van der Waals surface area (Å²) in [6.07, 6.45) is 12.1. The van der Waals surface area contributed by atoms with Crippen molar-refractivity contribution in [3.63, 3.8) is 0 Å². The molecule has 0 radical (unpaired) electrons. The van der Waals surface area contributed by atoms with Crippen LogP contribution in [0.15, 0.2) is 59.1 Å². The molecule has 2 amide bonds. The zero-order valence-electron chi connectivity index (χ0n) is 32.1. The van der Waals surface area contributed by atoms with Crippen LogP contribution >= 0.6 is 11.6 Å². The van der Waals surface area contributed by atoms with Crippen molar-refractivity contribution in [1.82, 2.24) is 9.29 Å².